The van der Waals surface area contributed by atoms with Crippen molar-refractivity contribution in [1.29, 1.82) is 0 Å². The standard InChI is InChI=1S/C11H15BrN2O2/c1-8(3-2-5-12)14-11(16)9-4-6-13-7-10(9)15/h4,6-8,15H,2-3,5H2,1H3,(H,14,16). The topological polar surface area (TPSA) is 62.2 Å². The van der Waals surface area contributed by atoms with Gasteiger partial charge in [0.1, 0.15) is 5.75 Å². The minimum Gasteiger partial charge on any atom is -0.505 e. The molecule has 4 nitrogen and oxygen atoms in total. The molecule has 1 aromatic rings. The van der Waals surface area contributed by atoms with E-state index in [9.17, 15) is 9.90 Å². The molecule has 0 fully saturated rings. The predicted octanol–water partition coefficient (Wildman–Crippen LogP) is 2.08. The zero-order chi connectivity index (χ0) is 12.0. The van der Waals surface area contributed by atoms with Crippen LogP contribution in [0.2, 0.25) is 0 Å². The molecule has 0 saturated heterocycles. The molecule has 1 amide bonds. The number of halogens is 1. The Balaban J connectivity index is 2.56. The Labute approximate surface area is 103 Å². The first-order valence-corrected chi connectivity index (χ1v) is 6.27. The number of nitrogens with one attached hydrogen (secondary N) is 1. The largest absolute Gasteiger partial charge is 0.505 e. The number of carbonyl (C=O) groups is 1. The maximum Gasteiger partial charge on any atom is 0.255 e. The number of carbonyl (C=O) groups excluding carboxylic acids is 1. The van der Waals surface area contributed by atoms with Crippen LogP contribution in [0.1, 0.15) is 30.1 Å². The van der Waals surface area contributed by atoms with Gasteiger partial charge in [0.25, 0.3) is 5.91 Å². The van der Waals surface area contributed by atoms with Crippen molar-refractivity contribution in [1.82, 2.24) is 10.3 Å². The molecule has 0 bridgehead atoms. The maximum atomic E-state index is 11.7. The Bertz CT molecular complexity index is 358. The lowest BCUT2D eigenvalue weighted by molar-refractivity contribution is 0.0935. The van der Waals surface area contributed by atoms with Gasteiger partial charge < -0.3 is 10.4 Å². The fourth-order valence-corrected chi connectivity index (χ4v) is 1.66. The Kier molecular flexibility index (Phi) is 5.25. The average molecular weight is 287 g/mol. The van der Waals surface area contributed by atoms with Gasteiger partial charge in [-0.05, 0) is 25.8 Å². The Morgan fingerprint density at radius 1 is 1.69 bits per heavy atom. The summed E-state index contributed by atoms with van der Waals surface area (Å²) in [6.07, 6.45) is 4.66. The van der Waals surface area contributed by atoms with E-state index in [2.05, 4.69) is 26.2 Å². The molecule has 1 aromatic heterocycles. The molecular formula is C11H15BrN2O2. The predicted molar refractivity (Wildman–Crippen MR) is 65.9 cm³/mol. The van der Waals surface area contributed by atoms with Crippen LogP contribution in [-0.2, 0) is 0 Å². The summed E-state index contributed by atoms with van der Waals surface area (Å²) in [7, 11) is 0. The van der Waals surface area contributed by atoms with Gasteiger partial charge in [-0.2, -0.15) is 0 Å². The summed E-state index contributed by atoms with van der Waals surface area (Å²) < 4.78 is 0. The second kappa shape index (κ2) is 6.48. The summed E-state index contributed by atoms with van der Waals surface area (Å²) in [6, 6.07) is 1.60. The number of hydrogen-bond donors (Lipinski definition) is 2. The van der Waals surface area contributed by atoms with Crippen LogP contribution in [0, 0.1) is 0 Å². The number of aromatic nitrogens is 1. The Morgan fingerprint density at radius 3 is 3.06 bits per heavy atom. The highest BCUT2D eigenvalue weighted by molar-refractivity contribution is 9.09. The Morgan fingerprint density at radius 2 is 2.44 bits per heavy atom. The summed E-state index contributed by atoms with van der Waals surface area (Å²) in [6.45, 7) is 1.94. The monoisotopic (exact) mass is 286 g/mol. The number of pyridine rings is 1. The van der Waals surface area contributed by atoms with Crippen molar-refractivity contribution in [3.63, 3.8) is 0 Å². The first kappa shape index (κ1) is 13.0. The van der Waals surface area contributed by atoms with Gasteiger partial charge in [0.2, 0.25) is 0 Å². The highest BCUT2D eigenvalue weighted by Gasteiger charge is 2.12. The summed E-state index contributed by atoms with van der Waals surface area (Å²) in [4.78, 5) is 15.4. The van der Waals surface area contributed by atoms with Crippen LogP contribution in [-0.4, -0.2) is 27.4 Å². The number of rotatable bonds is 5. The molecule has 0 spiro atoms. The van der Waals surface area contributed by atoms with E-state index in [1.54, 1.807) is 0 Å². The molecule has 0 aliphatic carbocycles. The van der Waals surface area contributed by atoms with Crippen molar-refractivity contribution < 1.29 is 9.90 Å². The van der Waals surface area contributed by atoms with E-state index in [1.165, 1.54) is 18.5 Å². The van der Waals surface area contributed by atoms with Gasteiger partial charge in [-0.25, -0.2) is 0 Å². The van der Waals surface area contributed by atoms with Gasteiger partial charge in [-0.1, -0.05) is 15.9 Å². The number of amides is 1. The fraction of sp³-hybridized carbons (Fsp3) is 0.455. The third kappa shape index (κ3) is 3.81. The third-order valence-corrected chi connectivity index (χ3v) is 2.75. The SMILES string of the molecule is CC(CCCBr)NC(=O)c1ccncc1O. The summed E-state index contributed by atoms with van der Waals surface area (Å²) >= 11 is 3.34. The van der Waals surface area contributed by atoms with Crippen molar-refractivity contribution in [2.75, 3.05) is 5.33 Å². The van der Waals surface area contributed by atoms with E-state index in [1.807, 2.05) is 6.92 Å². The molecule has 1 unspecified atom stereocenters. The number of hydrogen-bond acceptors (Lipinski definition) is 3. The lowest BCUT2D eigenvalue weighted by atomic mass is 10.1. The zero-order valence-electron chi connectivity index (χ0n) is 9.11. The van der Waals surface area contributed by atoms with Crippen molar-refractivity contribution in [2.24, 2.45) is 0 Å². The fourth-order valence-electron chi connectivity index (χ4n) is 1.34. The lowest BCUT2D eigenvalue weighted by Crippen LogP contribution is -2.32. The molecule has 2 N–H and O–H groups in total. The van der Waals surface area contributed by atoms with Crippen molar-refractivity contribution >= 4 is 21.8 Å². The molecule has 0 saturated carbocycles. The molecule has 5 heteroatoms. The first-order valence-electron chi connectivity index (χ1n) is 5.15. The first-order chi connectivity index (χ1) is 7.65. The normalized spacial score (nSPS) is 12.1. The van der Waals surface area contributed by atoms with Crippen LogP contribution in [0.15, 0.2) is 18.5 Å². The third-order valence-electron chi connectivity index (χ3n) is 2.19. The van der Waals surface area contributed by atoms with Crippen LogP contribution in [0.3, 0.4) is 0 Å². The molecule has 1 heterocycles. The summed E-state index contributed by atoms with van der Waals surface area (Å²) in [5, 5.41) is 13.2. The second-order valence-corrected chi connectivity index (χ2v) is 4.39. The van der Waals surface area contributed by atoms with E-state index in [0.29, 0.717) is 0 Å². The number of aromatic hydroxyl groups is 1. The zero-order valence-corrected chi connectivity index (χ0v) is 10.7. The van der Waals surface area contributed by atoms with E-state index < -0.39 is 0 Å². The lowest BCUT2D eigenvalue weighted by Gasteiger charge is -2.13. The Hall–Kier alpha value is -1.10. The van der Waals surface area contributed by atoms with Crippen LogP contribution in [0.25, 0.3) is 0 Å². The minimum absolute atomic E-state index is 0.0901. The highest BCUT2D eigenvalue weighted by atomic mass is 79.9. The van der Waals surface area contributed by atoms with Crippen LogP contribution in [0.5, 0.6) is 5.75 Å². The van der Waals surface area contributed by atoms with Crippen LogP contribution < -0.4 is 5.32 Å². The van der Waals surface area contributed by atoms with Crippen LogP contribution in [0.4, 0.5) is 0 Å². The van der Waals surface area contributed by atoms with Crippen molar-refractivity contribution in [3.8, 4) is 5.75 Å². The van der Waals surface area contributed by atoms with Crippen molar-refractivity contribution in [3.05, 3.63) is 24.0 Å². The van der Waals surface area contributed by atoms with E-state index in [0.717, 1.165) is 18.2 Å². The summed E-state index contributed by atoms with van der Waals surface area (Å²) in [5.74, 6) is -0.352. The summed E-state index contributed by atoms with van der Waals surface area (Å²) in [5.41, 5.74) is 0.265. The van der Waals surface area contributed by atoms with Crippen molar-refractivity contribution in [2.45, 2.75) is 25.8 Å². The molecule has 0 radical (unpaired) electrons. The van der Waals surface area contributed by atoms with E-state index in [4.69, 9.17) is 0 Å². The van der Waals surface area contributed by atoms with Gasteiger partial charge in [-0.3, -0.25) is 9.78 Å². The second-order valence-electron chi connectivity index (χ2n) is 3.60. The molecule has 16 heavy (non-hydrogen) atoms. The molecule has 0 aromatic carbocycles. The molecular weight excluding hydrogens is 272 g/mol. The maximum absolute atomic E-state index is 11.7. The van der Waals surface area contributed by atoms with Gasteiger partial charge >= 0.3 is 0 Å². The highest BCUT2D eigenvalue weighted by Crippen LogP contribution is 2.13. The minimum atomic E-state index is -0.262. The molecule has 0 aliphatic rings. The average Bonchev–Trinajstić information content (AvgIpc) is 2.26. The smallest absolute Gasteiger partial charge is 0.255 e. The van der Waals surface area contributed by atoms with Gasteiger partial charge in [-0.15, -0.1) is 0 Å². The quantitative estimate of drug-likeness (QED) is 0.815. The van der Waals surface area contributed by atoms with Gasteiger partial charge in [0.15, 0.2) is 0 Å². The van der Waals surface area contributed by atoms with E-state index in [-0.39, 0.29) is 23.3 Å². The molecule has 0 aliphatic heterocycles. The molecule has 1 rings (SSSR count). The van der Waals surface area contributed by atoms with Crippen LogP contribution >= 0.6 is 15.9 Å². The van der Waals surface area contributed by atoms with E-state index >= 15 is 0 Å². The van der Waals surface area contributed by atoms with Gasteiger partial charge in [0.05, 0.1) is 11.8 Å². The molecule has 88 valence electrons. The van der Waals surface area contributed by atoms with Gasteiger partial charge in [0, 0.05) is 17.6 Å². The molecule has 1 atom stereocenters. The number of nitrogens with zero attached hydrogens (tertiary/aromatic N) is 1. The number of alkyl halides is 1.